The predicted molar refractivity (Wildman–Crippen MR) is 92.9 cm³/mol. The van der Waals surface area contributed by atoms with Gasteiger partial charge in [-0.05, 0) is 83.3 Å². The quantitative estimate of drug-likeness (QED) is 0.447. The third-order valence-electron chi connectivity index (χ3n) is 2.43. The molecule has 2 saturated carbocycles. The number of para-hydroxylation sites is 1. The van der Waals surface area contributed by atoms with Crippen molar-refractivity contribution in [2.75, 3.05) is 0 Å². The second-order valence-corrected chi connectivity index (χ2v) is 4.10. The first-order valence-corrected chi connectivity index (χ1v) is 6.97. The molecule has 0 unspecified atom stereocenters. The summed E-state index contributed by atoms with van der Waals surface area (Å²) in [6.45, 7) is 1.78. The van der Waals surface area contributed by atoms with Crippen LogP contribution in [-0.4, -0.2) is 17.5 Å². The molecule has 3 rings (SSSR count). The van der Waals surface area contributed by atoms with Crippen LogP contribution in [0.2, 0.25) is 0 Å². The van der Waals surface area contributed by atoms with Gasteiger partial charge in [0, 0.05) is 11.8 Å². The van der Waals surface area contributed by atoms with E-state index in [9.17, 15) is 5.11 Å². The molecule has 0 aliphatic heterocycles. The molecule has 0 heterocycles. The summed E-state index contributed by atoms with van der Waals surface area (Å²) in [6.07, 6.45) is 23.1. The molecule has 1 N–H and O–H groups in total. The summed E-state index contributed by atoms with van der Waals surface area (Å²) < 4.78 is 0. The minimum absolute atomic E-state index is 0. The zero-order valence-corrected chi connectivity index (χ0v) is 17.7. The molecule has 2 aliphatic rings. The largest absolute Gasteiger partial charge is 2.00 e. The van der Waals surface area contributed by atoms with Gasteiger partial charge in [0.2, 0.25) is 0 Å². The van der Waals surface area contributed by atoms with E-state index in [1.54, 1.807) is 31.3 Å². The normalized spacial score (nSPS) is 15.7. The van der Waals surface area contributed by atoms with Gasteiger partial charge in [-0.25, -0.2) is 0 Å². The van der Waals surface area contributed by atoms with Gasteiger partial charge in [0.1, 0.15) is 5.75 Å². The maximum atomic E-state index is 9.27. The SMILES string of the molecule is C/C=N\N=C\c1ccccc1O.[CH]1[CH][CH][CH][CH]1.[CH]1[CH][CH][CH][CH]1.[Fe+2].[Zn+2]. The van der Waals surface area contributed by atoms with E-state index in [1.165, 1.54) is 6.21 Å². The maximum Gasteiger partial charge on any atom is 2.00 e. The number of rotatable bonds is 2. The molecular formula is C19H20FeN2OZn+4. The molecule has 5 heteroatoms. The average Bonchev–Trinajstić information content (AvgIpc) is 3.28. The number of aromatic hydroxyl groups is 1. The molecule has 2 fully saturated rings. The molecule has 1 aromatic carbocycles. The second-order valence-electron chi connectivity index (χ2n) is 4.10. The summed E-state index contributed by atoms with van der Waals surface area (Å²) in [4.78, 5) is 0. The Labute approximate surface area is 170 Å². The van der Waals surface area contributed by atoms with Gasteiger partial charge in [-0.1, -0.05) is 12.1 Å². The summed E-state index contributed by atoms with van der Waals surface area (Å²) in [5.41, 5.74) is 0.670. The molecule has 0 saturated heterocycles. The van der Waals surface area contributed by atoms with Gasteiger partial charge in [-0.15, -0.1) is 0 Å². The van der Waals surface area contributed by atoms with E-state index >= 15 is 0 Å². The van der Waals surface area contributed by atoms with E-state index < -0.39 is 0 Å². The van der Waals surface area contributed by atoms with E-state index in [2.05, 4.69) is 10.2 Å². The number of nitrogens with zero attached hydrogens (tertiary/aromatic N) is 2. The van der Waals surface area contributed by atoms with Gasteiger partial charge in [0.05, 0.1) is 6.21 Å². The number of phenols is 1. The Bertz CT molecular complexity index is 420. The topological polar surface area (TPSA) is 45.0 Å². The monoisotopic (exact) mass is 412 g/mol. The fraction of sp³-hybridized carbons (Fsp3) is 0.0526. The van der Waals surface area contributed by atoms with Crippen molar-refractivity contribution in [1.82, 2.24) is 0 Å². The van der Waals surface area contributed by atoms with E-state index in [0.717, 1.165) is 0 Å². The van der Waals surface area contributed by atoms with Crippen LogP contribution in [0.25, 0.3) is 0 Å². The molecule has 118 valence electrons. The predicted octanol–water partition coefficient (Wildman–Crippen LogP) is 3.85. The Morgan fingerprint density at radius 2 is 1.17 bits per heavy atom. The number of hydrogen-bond donors (Lipinski definition) is 1. The number of benzene rings is 1. The van der Waals surface area contributed by atoms with Crippen LogP contribution in [0.5, 0.6) is 5.75 Å². The Morgan fingerprint density at radius 1 is 0.750 bits per heavy atom. The van der Waals surface area contributed by atoms with Crippen LogP contribution in [0.1, 0.15) is 12.5 Å². The molecule has 0 aromatic heterocycles. The van der Waals surface area contributed by atoms with Crippen molar-refractivity contribution in [2.24, 2.45) is 10.2 Å². The fourth-order valence-corrected chi connectivity index (χ4v) is 1.40. The minimum atomic E-state index is 0. The molecule has 0 bridgehead atoms. The van der Waals surface area contributed by atoms with Crippen molar-refractivity contribution in [2.45, 2.75) is 6.92 Å². The van der Waals surface area contributed by atoms with Crippen molar-refractivity contribution >= 4 is 12.4 Å². The Hall–Kier alpha value is -0.497. The van der Waals surface area contributed by atoms with E-state index in [4.69, 9.17) is 0 Å². The van der Waals surface area contributed by atoms with Gasteiger partial charge in [0.15, 0.2) is 0 Å². The van der Waals surface area contributed by atoms with Crippen molar-refractivity contribution in [3.8, 4) is 5.75 Å². The van der Waals surface area contributed by atoms with Crippen molar-refractivity contribution in [1.29, 1.82) is 0 Å². The first-order valence-electron chi connectivity index (χ1n) is 6.97. The van der Waals surface area contributed by atoms with Crippen LogP contribution in [0.15, 0.2) is 34.5 Å². The van der Waals surface area contributed by atoms with Crippen LogP contribution in [0.3, 0.4) is 0 Å². The van der Waals surface area contributed by atoms with Gasteiger partial charge < -0.3 is 5.11 Å². The smallest absolute Gasteiger partial charge is 0.507 e. The maximum absolute atomic E-state index is 9.27. The zero-order chi connectivity index (χ0) is 15.9. The van der Waals surface area contributed by atoms with Crippen molar-refractivity contribution < 1.29 is 41.7 Å². The van der Waals surface area contributed by atoms with Gasteiger partial charge in [-0.2, -0.15) is 10.2 Å². The molecular weight excluding hydrogens is 393 g/mol. The van der Waals surface area contributed by atoms with Crippen LogP contribution in [-0.2, 0) is 36.5 Å². The third-order valence-corrected chi connectivity index (χ3v) is 2.43. The summed E-state index contributed by atoms with van der Waals surface area (Å²) in [5.74, 6) is 0.215. The van der Waals surface area contributed by atoms with Crippen LogP contribution >= 0.6 is 0 Å². The van der Waals surface area contributed by atoms with Crippen LogP contribution < -0.4 is 0 Å². The molecule has 3 nitrogen and oxygen atoms in total. The molecule has 1 aromatic rings. The standard InChI is InChI=1S/C9H10N2O.2C5H5.Fe.Zn/c1-2-10-11-7-8-5-3-4-6-9(8)12;2*1-2-4-5-3-1;;/h2-7,12H,1H3;2*1-5H;;/q;;;2*+2/b10-2-,11-7+;;;;. The second kappa shape index (κ2) is 18.8. The first-order chi connectivity index (χ1) is 10.8. The summed E-state index contributed by atoms with van der Waals surface area (Å²) in [5, 5.41) is 16.6. The third kappa shape index (κ3) is 13.9. The molecule has 10 radical (unpaired) electrons. The molecule has 0 amide bonds. The van der Waals surface area contributed by atoms with E-state index in [-0.39, 0.29) is 42.3 Å². The Balaban J connectivity index is 0. The van der Waals surface area contributed by atoms with Crippen LogP contribution in [0.4, 0.5) is 0 Å². The van der Waals surface area contributed by atoms with Gasteiger partial charge in [-0.3, -0.25) is 0 Å². The fourth-order valence-electron chi connectivity index (χ4n) is 1.40. The van der Waals surface area contributed by atoms with Gasteiger partial charge in [0.25, 0.3) is 0 Å². The van der Waals surface area contributed by atoms with Crippen molar-refractivity contribution in [3.63, 3.8) is 0 Å². The minimum Gasteiger partial charge on any atom is -0.507 e. The number of hydrogen-bond acceptors (Lipinski definition) is 3. The van der Waals surface area contributed by atoms with Crippen molar-refractivity contribution in [3.05, 3.63) is 94.0 Å². The van der Waals surface area contributed by atoms with E-state index in [1.807, 2.05) is 70.3 Å². The number of phenolic OH excluding ortho intramolecular Hbond substituents is 1. The van der Waals surface area contributed by atoms with Crippen LogP contribution in [0, 0.1) is 64.2 Å². The molecule has 24 heavy (non-hydrogen) atoms. The Morgan fingerprint density at radius 3 is 1.54 bits per heavy atom. The molecule has 0 spiro atoms. The summed E-state index contributed by atoms with van der Waals surface area (Å²) in [6, 6.07) is 6.97. The molecule has 0 atom stereocenters. The molecule has 2 aliphatic carbocycles. The van der Waals surface area contributed by atoms with E-state index in [0.29, 0.717) is 5.56 Å². The van der Waals surface area contributed by atoms with Gasteiger partial charge >= 0.3 is 36.5 Å². The zero-order valence-electron chi connectivity index (χ0n) is 13.6. The summed E-state index contributed by atoms with van der Waals surface area (Å²) in [7, 11) is 0. The summed E-state index contributed by atoms with van der Waals surface area (Å²) >= 11 is 0. The average molecular weight is 414 g/mol. The first kappa shape index (κ1) is 25.7. The Kier molecular flexibility index (Phi) is 20.2.